The van der Waals surface area contributed by atoms with Gasteiger partial charge in [-0.15, -0.1) is 0 Å². The average Bonchev–Trinajstić information content (AvgIpc) is 2.37. The maximum atomic E-state index is 6.40. The second-order valence-electron chi connectivity index (χ2n) is 5.46. The van der Waals surface area contributed by atoms with Crippen LogP contribution in [0, 0.1) is 5.92 Å². The van der Waals surface area contributed by atoms with Gasteiger partial charge in [0, 0.05) is 18.4 Å². The van der Waals surface area contributed by atoms with Crippen molar-refractivity contribution >= 4 is 33.2 Å². The normalized spacial score (nSPS) is 24.0. The van der Waals surface area contributed by atoms with Crippen molar-refractivity contribution in [1.29, 1.82) is 0 Å². The summed E-state index contributed by atoms with van der Waals surface area (Å²) >= 11 is 9.86. The van der Waals surface area contributed by atoms with Gasteiger partial charge in [0.05, 0.1) is 10.7 Å². The zero-order valence-electron chi connectivity index (χ0n) is 11.1. The smallest absolute Gasteiger partial charge is 0.0642 e. The lowest BCUT2D eigenvalue weighted by Crippen LogP contribution is -2.35. The number of benzene rings is 1. The quantitative estimate of drug-likeness (QED) is 0.684. The Balaban J connectivity index is 2.15. The summed E-state index contributed by atoms with van der Waals surface area (Å²) in [5, 5.41) is 1.73. The van der Waals surface area contributed by atoms with Gasteiger partial charge in [-0.3, -0.25) is 0 Å². The molecule has 0 spiro atoms. The Labute approximate surface area is 124 Å². The summed E-state index contributed by atoms with van der Waals surface area (Å²) in [6, 6.07) is 7.01. The first-order chi connectivity index (χ1) is 8.61. The highest BCUT2D eigenvalue weighted by molar-refractivity contribution is 9.08. The summed E-state index contributed by atoms with van der Waals surface area (Å²) in [7, 11) is 2.18. The number of anilines is 1. The van der Waals surface area contributed by atoms with Crippen molar-refractivity contribution in [3.05, 3.63) is 28.8 Å². The average molecular weight is 331 g/mol. The molecule has 0 heterocycles. The molecular formula is C15H21BrClN. The van der Waals surface area contributed by atoms with E-state index in [9.17, 15) is 0 Å². The molecule has 3 heteroatoms. The second-order valence-corrected chi connectivity index (χ2v) is 6.42. The van der Waals surface area contributed by atoms with Crippen LogP contribution in [0.2, 0.25) is 5.02 Å². The Morgan fingerprint density at radius 2 is 2.17 bits per heavy atom. The molecule has 1 saturated carbocycles. The van der Waals surface area contributed by atoms with Gasteiger partial charge in [0.1, 0.15) is 0 Å². The fourth-order valence-electron chi connectivity index (χ4n) is 2.87. The van der Waals surface area contributed by atoms with Gasteiger partial charge in [-0.05, 0) is 36.5 Å². The van der Waals surface area contributed by atoms with Gasteiger partial charge in [-0.2, -0.15) is 0 Å². The van der Waals surface area contributed by atoms with Gasteiger partial charge in [-0.25, -0.2) is 0 Å². The maximum absolute atomic E-state index is 6.40. The number of nitrogens with zero attached hydrogens (tertiary/aromatic N) is 1. The van der Waals surface area contributed by atoms with Crippen molar-refractivity contribution in [1.82, 2.24) is 0 Å². The monoisotopic (exact) mass is 329 g/mol. The van der Waals surface area contributed by atoms with E-state index >= 15 is 0 Å². The van der Waals surface area contributed by atoms with E-state index in [0.29, 0.717) is 6.04 Å². The molecule has 0 aromatic heterocycles. The molecule has 1 aliphatic carbocycles. The van der Waals surface area contributed by atoms with Crippen LogP contribution >= 0.6 is 27.5 Å². The van der Waals surface area contributed by atoms with E-state index in [4.69, 9.17) is 11.6 Å². The van der Waals surface area contributed by atoms with E-state index in [2.05, 4.69) is 53.0 Å². The number of halogens is 2. The molecule has 1 aromatic rings. The molecule has 0 aliphatic heterocycles. The van der Waals surface area contributed by atoms with Crippen molar-refractivity contribution in [3.8, 4) is 0 Å². The maximum Gasteiger partial charge on any atom is 0.0642 e. The van der Waals surface area contributed by atoms with Gasteiger partial charge in [0.15, 0.2) is 0 Å². The minimum absolute atomic E-state index is 0.640. The van der Waals surface area contributed by atoms with E-state index in [1.165, 1.54) is 36.9 Å². The topological polar surface area (TPSA) is 3.24 Å². The first-order valence-electron chi connectivity index (χ1n) is 6.69. The molecule has 1 nitrogen and oxygen atoms in total. The third-order valence-corrected chi connectivity index (χ3v) is 4.95. The van der Waals surface area contributed by atoms with E-state index in [1.807, 2.05) is 0 Å². The van der Waals surface area contributed by atoms with Crippen LogP contribution in [0.1, 0.15) is 38.2 Å². The minimum atomic E-state index is 0.640. The molecule has 1 aromatic carbocycles. The van der Waals surface area contributed by atoms with Crippen molar-refractivity contribution < 1.29 is 0 Å². The number of alkyl halides is 1. The largest absolute Gasteiger partial charge is 0.370 e. The van der Waals surface area contributed by atoms with E-state index in [1.54, 1.807) is 0 Å². The molecule has 1 aliphatic rings. The zero-order chi connectivity index (χ0) is 13.1. The SMILES string of the molecule is CC1CCCC(N(C)c2ccc(CBr)cc2Cl)C1. The Bertz CT molecular complexity index is 407. The summed E-state index contributed by atoms with van der Waals surface area (Å²) in [5.74, 6) is 0.840. The Morgan fingerprint density at radius 1 is 1.39 bits per heavy atom. The third kappa shape index (κ3) is 3.21. The van der Waals surface area contributed by atoms with E-state index in [0.717, 1.165) is 16.3 Å². The van der Waals surface area contributed by atoms with E-state index in [-0.39, 0.29) is 0 Å². The van der Waals surface area contributed by atoms with Crippen LogP contribution in [0.4, 0.5) is 5.69 Å². The number of hydrogen-bond donors (Lipinski definition) is 0. The molecule has 0 saturated heterocycles. The molecule has 0 N–H and O–H groups in total. The Kier molecular flexibility index (Phi) is 4.97. The van der Waals surface area contributed by atoms with Crippen LogP contribution in [0.3, 0.4) is 0 Å². The summed E-state index contributed by atoms with van der Waals surface area (Å²) in [5.41, 5.74) is 2.40. The molecule has 0 bridgehead atoms. The minimum Gasteiger partial charge on any atom is -0.370 e. The lowest BCUT2D eigenvalue weighted by Gasteiger charge is -2.36. The second kappa shape index (κ2) is 6.29. The van der Waals surface area contributed by atoms with Gasteiger partial charge in [0.2, 0.25) is 0 Å². The fourth-order valence-corrected chi connectivity index (χ4v) is 3.56. The van der Waals surface area contributed by atoms with Crippen LogP contribution in [0.25, 0.3) is 0 Å². The van der Waals surface area contributed by atoms with Crippen LogP contribution in [0.15, 0.2) is 18.2 Å². The summed E-state index contributed by atoms with van der Waals surface area (Å²) in [6.07, 6.45) is 5.29. The summed E-state index contributed by atoms with van der Waals surface area (Å²) in [6.45, 7) is 2.36. The highest BCUT2D eigenvalue weighted by Gasteiger charge is 2.23. The van der Waals surface area contributed by atoms with Crippen LogP contribution in [0.5, 0.6) is 0 Å². The van der Waals surface area contributed by atoms with Crippen LogP contribution < -0.4 is 4.90 Å². The van der Waals surface area contributed by atoms with Gasteiger partial charge < -0.3 is 4.90 Å². The number of rotatable bonds is 3. The van der Waals surface area contributed by atoms with Crippen molar-refractivity contribution in [3.63, 3.8) is 0 Å². The number of hydrogen-bond acceptors (Lipinski definition) is 1. The lowest BCUT2D eigenvalue weighted by atomic mass is 9.86. The first-order valence-corrected chi connectivity index (χ1v) is 8.19. The van der Waals surface area contributed by atoms with Gasteiger partial charge in [0.25, 0.3) is 0 Å². The molecule has 1 fully saturated rings. The molecule has 100 valence electrons. The molecule has 2 atom stereocenters. The molecule has 2 unspecified atom stereocenters. The summed E-state index contributed by atoms with van der Waals surface area (Å²) < 4.78 is 0. The highest BCUT2D eigenvalue weighted by Crippen LogP contribution is 2.33. The molecule has 2 rings (SSSR count). The van der Waals surface area contributed by atoms with Crippen LogP contribution in [-0.4, -0.2) is 13.1 Å². The van der Waals surface area contributed by atoms with Gasteiger partial charge >= 0.3 is 0 Å². The molecule has 0 amide bonds. The van der Waals surface area contributed by atoms with E-state index < -0.39 is 0 Å². The fraction of sp³-hybridized carbons (Fsp3) is 0.600. The van der Waals surface area contributed by atoms with Crippen molar-refractivity contribution in [2.24, 2.45) is 5.92 Å². The zero-order valence-corrected chi connectivity index (χ0v) is 13.5. The molecular weight excluding hydrogens is 310 g/mol. The highest BCUT2D eigenvalue weighted by atomic mass is 79.9. The first kappa shape index (κ1) is 14.2. The Morgan fingerprint density at radius 3 is 2.78 bits per heavy atom. The lowest BCUT2D eigenvalue weighted by molar-refractivity contribution is 0.336. The molecule has 18 heavy (non-hydrogen) atoms. The Hall–Kier alpha value is -0.210. The predicted octanol–water partition coefficient (Wildman–Crippen LogP) is 5.25. The van der Waals surface area contributed by atoms with Gasteiger partial charge in [-0.1, -0.05) is 53.4 Å². The third-order valence-electron chi connectivity index (χ3n) is 4.00. The molecule has 0 radical (unpaired) electrons. The van der Waals surface area contributed by atoms with Crippen molar-refractivity contribution in [2.45, 2.75) is 44.0 Å². The predicted molar refractivity (Wildman–Crippen MR) is 83.9 cm³/mol. The van der Waals surface area contributed by atoms with Crippen LogP contribution in [-0.2, 0) is 5.33 Å². The van der Waals surface area contributed by atoms with Crippen molar-refractivity contribution in [2.75, 3.05) is 11.9 Å². The standard InChI is InChI=1S/C15H21BrClN/c1-11-4-3-5-13(8-11)18(2)15-7-6-12(10-16)9-14(15)17/h6-7,9,11,13H,3-5,8,10H2,1-2H3. The summed E-state index contributed by atoms with van der Waals surface area (Å²) in [4.78, 5) is 2.37.